The summed E-state index contributed by atoms with van der Waals surface area (Å²) in [6, 6.07) is -2.38. The molecule has 0 heterocycles. The smallest absolute Gasteiger partial charge is 0.326 e. The number of hydrogen-bond acceptors (Lipinski definition) is 3. The van der Waals surface area contributed by atoms with Gasteiger partial charge in [-0.2, -0.15) is 0 Å². The molecule has 1 rings (SSSR count). The number of urea groups is 1. The fraction of sp³-hybridized carbons (Fsp3) is 0.182. The van der Waals surface area contributed by atoms with Gasteiger partial charge in [0.25, 0.3) is 0 Å². The first kappa shape index (κ1) is 16.3. The average molecular weight is 306 g/mol. The van der Waals surface area contributed by atoms with Crippen molar-refractivity contribution < 1.29 is 37.8 Å². The van der Waals surface area contributed by atoms with E-state index >= 15 is 0 Å². The Labute approximate surface area is 115 Å². The van der Waals surface area contributed by atoms with Crippen LogP contribution in [0.2, 0.25) is 0 Å². The maximum absolute atomic E-state index is 13.3. The second kappa shape index (κ2) is 6.59. The van der Waals surface area contributed by atoms with Gasteiger partial charge in [-0.05, 0) is 0 Å². The van der Waals surface area contributed by atoms with Gasteiger partial charge in [-0.1, -0.05) is 0 Å². The van der Waals surface area contributed by atoms with E-state index in [2.05, 4.69) is 0 Å². The molecule has 0 saturated carbocycles. The van der Waals surface area contributed by atoms with Crippen LogP contribution in [0.5, 0.6) is 0 Å². The van der Waals surface area contributed by atoms with Crippen LogP contribution in [-0.4, -0.2) is 34.2 Å². The van der Waals surface area contributed by atoms with Crippen LogP contribution in [0.15, 0.2) is 12.1 Å². The Morgan fingerprint density at radius 3 is 2.29 bits per heavy atom. The quantitative estimate of drug-likeness (QED) is 0.609. The Morgan fingerprint density at radius 1 is 1.14 bits per heavy atom. The fourth-order valence-electron chi connectivity index (χ4n) is 1.34. The average Bonchev–Trinajstić information content (AvgIpc) is 2.33. The molecular weight excluding hydrogens is 297 g/mol. The van der Waals surface area contributed by atoms with Gasteiger partial charge >= 0.3 is 18.0 Å². The first-order valence-corrected chi connectivity index (χ1v) is 5.37. The Bertz CT molecular complexity index is 593. The number of hydrogen-bond donors (Lipinski definition) is 4. The minimum absolute atomic E-state index is 0.253. The summed E-state index contributed by atoms with van der Waals surface area (Å²) in [6.07, 6.45) is -0.928. The predicted octanol–water partition coefficient (Wildman–Crippen LogP) is 1.15. The molecule has 0 bridgehead atoms. The van der Waals surface area contributed by atoms with Crippen molar-refractivity contribution in [1.82, 2.24) is 5.32 Å². The normalized spacial score (nSPS) is 11.6. The van der Waals surface area contributed by atoms with Gasteiger partial charge in [-0.15, -0.1) is 0 Å². The molecule has 4 N–H and O–H groups in total. The first-order valence-electron chi connectivity index (χ1n) is 5.37. The lowest BCUT2D eigenvalue weighted by Gasteiger charge is -2.13. The molecule has 1 atom stereocenters. The Kier molecular flexibility index (Phi) is 5.11. The van der Waals surface area contributed by atoms with E-state index in [-0.39, 0.29) is 6.07 Å². The molecule has 0 unspecified atom stereocenters. The largest absolute Gasteiger partial charge is 0.481 e. The number of carbonyl (C=O) groups excluding carboxylic acids is 1. The number of carboxylic acid groups (broad SMARTS) is 2. The number of nitrogens with one attached hydrogen (secondary N) is 2. The zero-order valence-corrected chi connectivity index (χ0v) is 10.2. The zero-order chi connectivity index (χ0) is 16.2. The van der Waals surface area contributed by atoms with Crippen molar-refractivity contribution >= 4 is 23.7 Å². The van der Waals surface area contributed by atoms with Crippen LogP contribution in [0, 0.1) is 17.5 Å². The molecule has 0 aliphatic rings. The summed E-state index contributed by atoms with van der Waals surface area (Å²) in [6.45, 7) is 0. The van der Waals surface area contributed by atoms with Gasteiger partial charge in [0.2, 0.25) is 0 Å². The molecule has 114 valence electrons. The van der Waals surface area contributed by atoms with E-state index < -0.39 is 53.6 Å². The van der Waals surface area contributed by atoms with Crippen molar-refractivity contribution in [3.63, 3.8) is 0 Å². The van der Waals surface area contributed by atoms with E-state index in [1.165, 1.54) is 0 Å². The molecule has 7 nitrogen and oxygen atoms in total. The van der Waals surface area contributed by atoms with E-state index in [9.17, 15) is 27.6 Å². The maximum atomic E-state index is 13.3. The van der Waals surface area contributed by atoms with E-state index in [1.807, 2.05) is 0 Å². The molecule has 0 spiro atoms. The van der Waals surface area contributed by atoms with Crippen LogP contribution in [-0.2, 0) is 9.59 Å². The number of carbonyl (C=O) groups is 3. The summed E-state index contributed by atoms with van der Waals surface area (Å²) >= 11 is 0. The van der Waals surface area contributed by atoms with Gasteiger partial charge in [-0.3, -0.25) is 4.79 Å². The van der Waals surface area contributed by atoms with Crippen LogP contribution in [0.3, 0.4) is 0 Å². The second-order valence-corrected chi connectivity index (χ2v) is 3.84. The molecule has 0 fully saturated rings. The molecule has 0 saturated heterocycles. The fourth-order valence-corrected chi connectivity index (χ4v) is 1.34. The van der Waals surface area contributed by atoms with Crippen LogP contribution in [0.25, 0.3) is 0 Å². The Hall–Kier alpha value is -2.78. The van der Waals surface area contributed by atoms with E-state index in [4.69, 9.17) is 10.2 Å². The van der Waals surface area contributed by atoms with Gasteiger partial charge in [0.1, 0.15) is 11.9 Å². The van der Waals surface area contributed by atoms with E-state index in [1.54, 1.807) is 10.6 Å². The molecular formula is C11H9F3N2O5. The van der Waals surface area contributed by atoms with Crippen LogP contribution < -0.4 is 10.6 Å². The first-order chi connectivity index (χ1) is 9.70. The highest BCUT2D eigenvalue weighted by molar-refractivity contribution is 5.93. The van der Waals surface area contributed by atoms with E-state index in [0.29, 0.717) is 6.07 Å². The van der Waals surface area contributed by atoms with Gasteiger partial charge in [-0.25, -0.2) is 22.8 Å². The Morgan fingerprint density at radius 2 is 1.76 bits per heavy atom. The number of benzene rings is 1. The molecule has 0 aromatic heterocycles. The van der Waals surface area contributed by atoms with Crippen LogP contribution in [0.4, 0.5) is 23.7 Å². The lowest BCUT2D eigenvalue weighted by atomic mass is 10.2. The summed E-state index contributed by atoms with van der Waals surface area (Å²) in [5.41, 5.74) is -0.857. The highest BCUT2D eigenvalue weighted by atomic mass is 19.2. The number of rotatable bonds is 5. The van der Waals surface area contributed by atoms with E-state index in [0.717, 1.165) is 0 Å². The van der Waals surface area contributed by atoms with Crippen molar-refractivity contribution in [3.05, 3.63) is 29.6 Å². The van der Waals surface area contributed by atoms with Crippen LogP contribution in [0.1, 0.15) is 6.42 Å². The molecule has 10 heteroatoms. The van der Waals surface area contributed by atoms with Crippen molar-refractivity contribution in [2.45, 2.75) is 12.5 Å². The third-order valence-electron chi connectivity index (χ3n) is 2.22. The summed E-state index contributed by atoms with van der Waals surface area (Å²) in [5.74, 6) is -7.39. The third-order valence-corrected chi connectivity index (χ3v) is 2.22. The van der Waals surface area contributed by atoms with Crippen molar-refractivity contribution in [2.75, 3.05) is 5.32 Å². The zero-order valence-electron chi connectivity index (χ0n) is 10.2. The van der Waals surface area contributed by atoms with Crippen molar-refractivity contribution in [1.29, 1.82) is 0 Å². The molecule has 1 aromatic rings. The lowest BCUT2D eigenvalue weighted by molar-refractivity contribution is -0.145. The topological polar surface area (TPSA) is 116 Å². The summed E-state index contributed by atoms with van der Waals surface area (Å²) in [4.78, 5) is 32.5. The number of amides is 2. The minimum atomic E-state index is -1.79. The van der Waals surface area contributed by atoms with Gasteiger partial charge in [0.05, 0.1) is 12.1 Å². The molecule has 1 aromatic carbocycles. The summed E-state index contributed by atoms with van der Waals surface area (Å²) in [7, 11) is 0. The highest BCUT2D eigenvalue weighted by Crippen LogP contribution is 2.18. The molecule has 0 aliphatic carbocycles. The predicted molar refractivity (Wildman–Crippen MR) is 62.1 cm³/mol. The van der Waals surface area contributed by atoms with Gasteiger partial charge in [0, 0.05) is 12.1 Å². The maximum Gasteiger partial charge on any atom is 0.326 e. The highest BCUT2D eigenvalue weighted by Gasteiger charge is 2.23. The monoisotopic (exact) mass is 306 g/mol. The van der Waals surface area contributed by atoms with Gasteiger partial charge < -0.3 is 20.8 Å². The molecule has 21 heavy (non-hydrogen) atoms. The lowest BCUT2D eigenvalue weighted by Crippen LogP contribution is -2.44. The van der Waals surface area contributed by atoms with Crippen molar-refractivity contribution in [2.24, 2.45) is 0 Å². The number of aliphatic carboxylic acids is 2. The third kappa shape index (κ3) is 4.67. The molecule has 0 aliphatic heterocycles. The standard InChI is InChI=1S/C11H9F3N2O5/c12-4-1-5(13)9(14)6(2-4)15-11(21)16-7(10(19)20)3-8(17)18/h1-2,7H,3H2,(H,17,18)(H,19,20)(H2,15,16,21)/t7-/m0/s1. The van der Waals surface area contributed by atoms with Crippen LogP contribution >= 0.6 is 0 Å². The second-order valence-electron chi connectivity index (χ2n) is 3.84. The Balaban J connectivity index is 2.81. The van der Waals surface area contributed by atoms with Crippen molar-refractivity contribution in [3.8, 4) is 0 Å². The number of halogens is 3. The minimum Gasteiger partial charge on any atom is -0.481 e. The summed E-state index contributed by atoms with van der Waals surface area (Å²) < 4.78 is 39.0. The van der Waals surface area contributed by atoms with Gasteiger partial charge in [0.15, 0.2) is 11.6 Å². The molecule has 0 radical (unpaired) electrons. The number of carboxylic acids is 2. The molecule has 2 amide bonds. The summed E-state index contributed by atoms with van der Waals surface area (Å²) in [5, 5.41) is 20.5. The number of anilines is 1. The SMILES string of the molecule is O=C(O)C[C@H](NC(=O)Nc1cc(F)cc(F)c1F)C(=O)O.